The molecule has 2 saturated heterocycles. The van der Waals surface area contributed by atoms with Crippen molar-refractivity contribution in [1.82, 2.24) is 24.8 Å². The summed E-state index contributed by atoms with van der Waals surface area (Å²) in [5, 5.41) is 0. The lowest BCUT2D eigenvalue weighted by molar-refractivity contribution is -0.148. The first-order valence-electron chi connectivity index (χ1n) is 14.0. The third-order valence-corrected chi connectivity index (χ3v) is 8.90. The van der Waals surface area contributed by atoms with E-state index in [1.807, 2.05) is 11.0 Å². The molecule has 3 aliphatic rings. The van der Waals surface area contributed by atoms with Crippen LogP contribution in [-0.2, 0) is 22.3 Å². The molecule has 6 rings (SSSR count). The molecule has 0 unspecified atom stereocenters. The molecule has 8 nitrogen and oxygen atoms in total. The number of aromatic nitrogens is 3. The zero-order valence-electron chi connectivity index (χ0n) is 23.5. The van der Waals surface area contributed by atoms with Crippen molar-refractivity contribution in [2.75, 3.05) is 32.8 Å². The van der Waals surface area contributed by atoms with Crippen LogP contribution in [0.1, 0.15) is 42.0 Å². The van der Waals surface area contributed by atoms with E-state index in [-0.39, 0.29) is 46.8 Å². The first-order chi connectivity index (χ1) is 20.0. The first-order valence-corrected chi connectivity index (χ1v) is 14.0. The van der Waals surface area contributed by atoms with Crippen LogP contribution < -0.4 is 0 Å². The molecule has 1 aromatic carbocycles. The van der Waals surface area contributed by atoms with Crippen molar-refractivity contribution < 1.29 is 27.5 Å². The third kappa shape index (κ3) is 5.49. The monoisotopic (exact) mass is 579 g/mol. The van der Waals surface area contributed by atoms with Crippen LogP contribution in [0, 0.1) is 22.7 Å². The summed E-state index contributed by atoms with van der Waals surface area (Å²) in [5.41, 5.74) is 1.14. The fourth-order valence-electron chi connectivity index (χ4n) is 6.18. The lowest BCUT2D eigenvalue weighted by Crippen LogP contribution is -2.63. The summed E-state index contributed by atoms with van der Waals surface area (Å²) in [6, 6.07) is 10.3. The standard InChI is InChI=1S/C31H32F3N5O3/c1-29(2)12-24(29)27(40)39-18-30(19-39)17-38(28(41)26-13-35-10-11-36-26)14-22(30)15-42-16-23-4-3-5-25(37-23)20-6-8-21(9-7-20)31(32,33)34/h3-11,13,22,24H,12,14-19H2,1-2H3/t22-,24+/m0/s1. The van der Waals surface area contributed by atoms with Gasteiger partial charge in [0, 0.05) is 61.4 Å². The molecule has 1 aliphatic carbocycles. The lowest BCUT2D eigenvalue weighted by Gasteiger charge is -2.51. The number of benzene rings is 1. The van der Waals surface area contributed by atoms with E-state index < -0.39 is 11.7 Å². The molecule has 2 amide bonds. The van der Waals surface area contributed by atoms with Gasteiger partial charge in [0.25, 0.3) is 5.91 Å². The number of likely N-dealkylation sites (tertiary alicyclic amines) is 2. The third-order valence-electron chi connectivity index (χ3n) is 8.90. The number of nitrogens with zero attached hydrogens (tertiary/aromatic N) is 5. The van der Waals surface area contributed by atoms with Crippen molar-refractivity contribution in [2.24, 2.45) is 22.7 Å². The van der Waals surface area contributed by atoms with E-state index in [0.717, 1.165) is 18.6 Å². The molecule has 42 heavy (non-hydrogen) atoms. The number of rotatable bonds is 7. The number of carbonyl (C=O) groups excluding carboxylic acids is 2. The molecule has 2 atom stereocenters. The normalized spacial score (nSPS) is 22.2. The fourth-order valence-corrected chi connectivity index (χ4v) is 6.18. The van der Waals surface area contributed by atoms with Gasteiger partial charge in [-0.05, 0) is 36.1 Å². The summed E-state index contributed by atoms with van der Waals surface area (Å²) in [6.45, 7) is 6.95. The van der Waals surface area contributed by atoms with Gasteiger partial charge in [-0.3, -0.25) is 19.6 Å². The van der Waals surface area contributed by atoms with Gasteiger partial charge in [-0.2, -0.15) is 13.2 Å². The molecule has 4 heterocycles. The zero-order chi connectivity index (χ0) is 29.7. The maximum Gasteiger partial charge on any atom is 0.416 e. The largest absolute Gasteiger partial charge is 0.416 e. The van der Waals surface area contributed by atoms with Crippen molar-refractivity contribution in [3.63, 3.8) is 0 Å². The van der Waals surface area contributed by atoms with Gasteiger partial charge < -0.3 is 14.5 Å². The maximum atomic E-state index is 13.2. The Morgan fingerprint density at radius 2 is 1.74 bits per heavy atom. The van der Waals surface area contributed by atoms with E-state index >= 15 is 0 Å². The van der Waals surface area contributed by atoms with Crippen LogP contribution >= 0.6 is 0 Å². The molecule has 2 aromatic heterocycles. The fraction of sp³-hybridized carbons (Fsp3) is 0.452. The minimum atomic E-state index is -4.40. The molecule has 3 aromatic rings. The van der Waals surface area contributed by atoms with Gasteiger partial charge in [0.2, 0.25) is 5.91 Å². The van der Waals surface area contributed by atoms with E-state index in [4.69, 9.17) is 4.74 Å². The first kappa shape index (κ1) is 28.3. The minimum absolute atomic E-state index is 0.00693. The molecule has 2 aliphatic heterocycles. The van der Waals surface area contributed by atoms with Crippen LogP contribution in [0.2, 0.25) is 0 Å². The molecular weight excluding hydrogens is 547 g/mol. The second-order valence-corrected chi connectivity index (χ2v) is 12.4. The highest BCUT2D eigenvalue weighted by molar-refractivity contribution is 5.92. The van der Waals surface area contributed by atoms with E-state index in [2.05, 4.69) is 28.8 Å². The minimum Gasteiger partial charge on any atom is -0.375 e. The summed E-state index contributed by atoms with van der Waals surface area (Å²) in [5.74, 6) is 0.0658. The molecule has 0 N–H and O–H groups in total. The predicted octanol–water partition coefficient (Wildman–Crippen LogP) is 4.72. The zero-order valence-corrected chi connectivity index (χ0v) is 23.5. The Morgan fingerprint density at radius 3 is 2.38 bits per heavy atom. The number of alkyl halides is 3. The quantitative estimate of drug-likeness (QED) is 0.403. The average molecular weight is 580 g/mol. The Kier molecular flexibility index (Phi) is 7.03. The van der Waals surface area contributed by atoms with Crippen LogP contribution in [0.4, 0.5) is 13.2 Å². The summed E-state index contributed by atoms with van der Waals surface area (Å²) in [6.07, 6.45) is 0.978. The van der Waals surface area contributed by atoms with Gasteiger partial charge >= 0.3 is 6.18 Å². The second kappa shape index (κ2) is 10.4. The Morgan fingerprint density at radius 1 is 1.02 bits per heavy atom. The Bertz CT molecular complexity index is 1470. The van der Waals surface area contributed by atoms with Crippen molar-refractivity contribution >= 4 is 11.8 Å². The molecule has 220 valence electrons. The van der Waals surface area contributed by atoms with E-state index in [1.165, 1.54) is 30.7 Å². The molecule has 0 bridgehead atoms. The highest BCUT2D eigenvalue weighted by atomic mass is 19.4. The van der Waals surface area contributed by atoms with Crippen LogP contribution in [0.15, 0.2) is 61.1 Å². The van der Waals surface area contributed by atoms with E-state index in [9.17, 15) is 22.8 Å². The number of carbonyl (C=O) groups is 2. The smallest absolute Gasteiger partial charge is 0.375 e. The Labute approximate surface area is 241 Å². The Balaban J connectivity index is 1.12. The number of hydrogen-bond acceptors (Lipinski definition) is 6. The molecule has 11 heteroatoms. The lowest BCUT2D eigenvalue weighted by atomic mass is 9.71. The second-order valence-electron chi connectivity index (χ2n) is 12.4. The number of hydrogen-bond donors (Lipinski definition) is 0. The van der Waals surface area contributed by atoms with Crippen LogP contribution in [-0.4, -0.2) is 69.4 Å². The highest BCUT2D eigenvalue weighted by Crippen LogP contribution is 2.54. The topological polar surface area (TPSA) is 88.5 Å². The van der Waals surface area contributed by atoms with E-state index in [0.29, 0.717) is 49.7 Å². The van der Waals surface area contributed by atoms with Gasteiger partial charge in [0.1, 0.15) is 5.69 Å². The van der Waals surface area contributed by atoms with Gasteiger partial charge in [-0.15, -0.1) is 0 Å². The van der Waals surface area contributed by atoms with Crippen molar-refractivity contribution in [2.45, 2.75) is 33.1 Å². The summed E-state index contributed by atoms with van der Waals surface area (Å²) in [7, 11) is 0. The van der Waals surface area contributed by atoms with Crippen LogP contribution in [0.25, 0.3) is 11.3 Å². The molecule has 0 radical (unpaired) electrons. The summed E-state index contributed by atoms with van der Waals surface area (Å²) in [4.78, 5) is 42.7. The maximum absolute atomic E-state index is 13.2. The molecular formula is C31H32F3N5O3. The van der Waals surface area contributed by atoms with Gasteiger partial charge in [0.15, 0.2) is 0 Å². The SMILES string of the molecule is CC1(C)C[C@@H]1C(=O)N1CC2(CN(C(=O)c3cnccn3)C[C@H]2COCc2cccc(-c3ccc(C(F)(F)F)cc3)n2)C1. The predicted molar refractivity (Wildman–Crippen MR) is 147 cm³/mol. The van der Waals surface area contributed by atoms with Crippen LogP contribution in [0.3, 0.4) is 0 Å². The van der Waals surface area contributed by atoms with Crippen molar-refractivity contribution in [1.29, 1.82) is 0 Å². The van der Waals surface area contributed by atoms with Gasteiger partial charge in [0.05, 0.1) is 36.4 Å². The van der Waals surface area contributed by atoms with Crippen molar-refractivity contribution in [3.8, 4) is 11.3 Å². The number of pyridine rings is 1. The molecule has 1 spiro atoms. The molecule has 3 fully saturated rings. The number of halogens is 3. The van der Waals surface area contributed by atoms with Gasteiger partial charge in [-0.1, -0.05) is 32.0 Å². The van der Waals surface area contributed by atoms with Crippen LogP contribution in [0.5, 0.6) is 0 Å². The number of ether oxygens (including phenoxy) is 1. The number of amides is 2. The van der Waals surface area contributed by atoms with E-state index in [1.54, 1.807) is 17.0 Å². The Hall–Kier alpha value is -3.86. The highest BCUT2D eigenvalue weighted by Gasteiger charge is 2.60. The summed E-state index contributed by atoms with van der Waals surface area (Å²) >= 11 is 0. The average Bonchev–Trinajstić information content (AvgIpc) is 3.43. The molecule has 1 saturated carbocycles. The van der Waals surface area contributed by atoms with Gasteiger partial charge in [-0.25, -0.2) is 4.98 Å². The summed E-state index contributed by atoms with van der Waals surface area (Å²) < 4.78 is 45.0. The van der Waals surface area contributed by atoms with Crippen molar-refractivity contribution in [3.05, 3.63) is 78.0 Å².